The van der Waals surface area contributed by atoms with Crippen LogP contribution in [0.5, 0.6) is 5.75 Å². The number of hydrogen-bond donors (Lipinski definition) is 1. The third-order valence-electron chi connectivity index (χ3n) is 4.39. The summed E-state index contributed by atoms with van der Waals surface area (Å²) in [5.41, 5.74) is 2.77. The second-order valence-electron chi connectivity index (χ2n) is 5.87. The number of halogens is 1. The van der Waals surface area contributed by atoms with Crippen molar-refractivity contribution in [2.24, 2.45) is 0 Å². The Labute approximate surface area is 153 Å². The molecule has 0 unspecified atom stereocenters. The summed E-state index contributed by atoms with van der Waals surface area (Å²) in [5.74, 6) is 1.33. The number of imidazole rings is 1. The number of carbonyl (C=O) groups excluding carboxylic acids is 1. The summed E-state index contributed by atoms with van der Waals surface area (Å²) in [4.78, 5) is 16.9. The smallest absolute Gasteiger partial charge is 0.226 e. The summed E-state index contributed by atoms with van der Waals surface area (Å²) in [6.45, 7) is 0. The van der Waals surface area contributed by atoms with E-state index in [9.17, 15) is 4.79 Å². The molecule has 1 atom stereocenters. The summed E-state index contributed by atoms with van der Waals surface area (Å²) >= 11 is 3.44. The molecule has 0 aliphatic carbocycles. The van der Waals surface area contributed by atoms with Gasteiger partial charge in [0.2, 0.25) is 5.91 Å². The van der Waals surface area contributed by atoms with Gasteiger partial charge in [0.05, 0.1) is 12.8 Å². The van der Waals surface area contributed by atoms with E-state index < -0.39 is 0 Å². The van der Waals surface area contributed by atoms with Gasteiger partial charge in [-0.25, -0.2) is 4.98 Å². The molecule has 5 nitrogen and oxygen atoms in total. The molecule has 0 saturated carbocycles. The Kier molecular flexibility index (Phi) is 4.05. The van der Waals surface area contributed by atoms with Crippen LogP contribution in [-0.4, -0.2) is 22.6 Å². The lowest BCUT2D eigenvalue weighted by molar-refractivity contribution is -0.116. The number of benzene rings is 2. The first-order chi connectivity index (χ1) is 12.2. The first-order valence-corrected chi connectivity index (χ1v) is 8.72. The van der Waals surface area contributed by atoms with Crippen molar-refractivity contribution < 1.29 is 9.53 Å². The van der Waals surface area contributed by atoms with Crippen LogP contribution in [0.3, 0.4) is 0 Å². The second kappa shape index (κ2) is 6.37. The molecule has 6 heteroatoms. The average molecular weight is 398 g/mol. The molecule has 2 aromatic carbocycles. The molecule has 0 spiro atoms. The maximum Gasteiger partial charge on any atom is 0.226 e. The Hall–Kier alpha value is -2.60. The van der Waals surface area contributed by atoms with E-state index in [-0.39, 0.29) is 11.8 Å². The number of anilines is 1. The highest BCUT2D eigenvalue weighted by molar-refractivity contribution is 9.10. The summed E-state index contributed by atoms with van der Waals surface area (Å²) in [7, 11) is 1.64. The van der Waals surface area contributed by atoms with Crippen LogP contribution in [-0.2, 0) is 4.79 Å². The van der Waals surface area contributed by atoms with Gasteiger partial charge in [0.1, 0.15) is 17.9 Å². The number of methoxy groups -OCH3 is 1. The molecule has 0 saturated heterocycles. The lowest BCUT2D eigenvalue weighted by Gasteiger charge is -2.24. The van der Waals surface area contributed by atoms with Gasteiger partial charge in [-0.1, -0.05) is 34.1 Å². The number of ether oxygens (including phenoxy) is 1. The summed E-state index contributed by atoms with van der Waals surface area (Å²) < 4.78 is 8.39. The van der Waals surface area contributed by atoms with Crippen molar-refractivity contribution in [3.63, 3.8) is 0 Å². The number of para-hydroxylation sites is 1. The standard InChI is InChI=1S/C19H16BrN3O2/c1-25-16-5-3-2-4-14(16)15-10-17(24)22-19-18(15)21-11-23(19)13-8-6-12(20)7-9-13/h2-9,11,15H,10H2,1H3,(H,22,24)/t15-/m1/s1. The van der Waals surface area contributed by atoms with E-state index in [4.69, 9.17) is 4.74 Å². The first-order valence-electron chi connectivity index (χ1n) is 7.93. The van der Waals surface area contributed by atoms with Crippen molar-refractivity contribution in [1.82, 2.24) is 9.55 Å². The molecule has 1 aliphatic heterocycles. The fraction of sp³-hybridized carbons (Fsp3) is 0.158. The summed E-state index contributed by atoms with van der Waals surface area (Å²) in [5, 5.41) is 2.97. The Balaban J connectivity index is 1.83. The van der Waals surface area contributed by atoms with E-state index in [1.807, 2.05) is 53.1 Å². The minimum absolute atomic E-state index is 0.0257. The predicted molar refractivity (Wildman–Crippen MR) is 99.3 cm³/mol. The first kappa shape index (κ1) is 15.9. The molecule has 1 N–H and O–H groups in total. The molecule has 25 heavy (non-hydrogen) atoms. The maximum atomic E-state index is 12.3. The molecular formula is C19H16BrN3O2. The van der Waals surface area contributed by atoms with E-state index in [0.29, 0.717) is 6.42 Å². The van der Waals surface area contributed by atoms with E-state index in [1.165, 1.54) is 0 Å². The van der Waals surface area contributed by atoms with Crippen LogP contribution >= 0.6 is 15.9 Å². The van der Waals surface area contributed by atoms with Crippen LogP contribution < -0.4 is 10.1 Å². The molecule has 2 heterocycles. The quantitative estimate of drug-likeness (QED) is 0.722. The fourth-order valence-corrected chi connectivity index (χ4v) is 3.48. The van der Waals surface area contributed by atoms with Gasteiger partial charge in [0, 0.05) is 28.1 Å². The third-order valence-corrected chi connectivity index (χ3v) is 4.92. The lowest BCUT2D eigenvalue weighted by Crippen LogP contribution is -2.25. The topological polar surface area (TPSA) is 56.1 Å². The Morgan fingerprint density at radius 2 is 1.96 bits per heavy atom. The van der Waals surface area contributed by atoms with Crippen LogP contribution in [0, 0.1) is 0 Å². The van der Waals surface area contributed by atoms with Gasteiger partial charge >= 0.3 is 0 Å². The van der Waals surface area contributed by atoms with E-state index in [1.54, 1.807) is 13.4 Å². The SMILES string of the molecule is COc1ccccc1[C@H]1CC(=O)Nc2c1ncn2-c1ccc(Br)cc1. The maximum absolute atomic E-state index is 12.3. The monoisotopic (exact) mass is 397 g/mol. The van der Waals surface area contributed by atoms with Gasteiger partial charge in [-0.3, -0.25) is 9.36 Å². The molecule has 126 valence electrons. The number of rotatable bonds is 3. The highest BCUT2D eigenvalue weighted by atomic mass is 79.9. The highest BCUT2D eigenvalue weighted by Gasteiger charge is 2.32. The van der Waals surface area contributed by atoms with Gasteiger partial charge in [-0.05, 0) is 30.3 Å². The third kappa shape index (κ3) is 2.82. The van der Waals surface area contributed by atoms with Crippen molar-refractivity contribution in [2.75, 3.05) is 12.4 Å². The minimum Gasteiger partial charge on any atom is -0.496 e. The predicted octanol–water partition coefficient (Wildman–Crippen LogP) is 4.12. The molecule has 1 aliphatic rings. The molecule has 1 amide bonds. The summed E-state index contributed by atoms with van der Waals surface area (Å²) in [6.07, 6.45) is 2.10. The van der Waals surface area contributed by atoms with Crippen molar-refractivity contribution in [3.8, 4) is 11.4 Å². The Bertz CT molecular complexity index is 934. The van der Waals surface area contributed by atoms with Crippen LogP contribution in [0.2, 0.25) is 0 Å². The Morgan fingerprint density at radius 3 is 2.72 bits per heavy atom. The number of aromatic nitrogens is 2. The number of hydrogen-bond acceptors (Lipinski definition) is 3. The number of fused-ring (bicyclic) bond motifs is 1. The zero-order valence-corrected chi connectivity index (χ0v) is 15.2. The Morgan fingerprint density at radius 1 is 1.20 bits per heavy atom. The van der Waals surface area contributed by atoms with Crippen molar-refractivity contribution in [3.05, 3.63) is 70.6 Å². The molecule has 3 aromatic rings. The zero-order valence-electron chi connectivity index (χ0n) is 13.6. The van der Waals surface area contributed by atoms with Gasteiger partial charge in [0.25, 0.3) is 0 Å². The van der Waals surface area contributed by atoms with Gasteiger partial charge in [-0.2, -0.15) is 0 Å². The van der Waals surface area contributed by atoms with Crippen molar-refractivity contribution in [1.29, 1.82) is 0 Å². The van der Waals surface area contributed by atoms with Crippen LogP contribution in [0.1, 0.15) is 23.6 Å². The van der Waals surface area contributed by atoms with Crippen LogP contribution in [0.4, 0.5) is 5.82 Å². The average Bonchev–Trinajstić information content (AvgIpc) is 3.05. The fourth-order valence-electron chi connectivity index (χ4n) is 3.22. The minimum atomic E-state index is -0.128. The molecule has 0 bridgehead atoms. The lowest BCUT2D eigenvalue weighted by atomic mass is 9.89. The molecule has 0 radical (unpaired) electrons. The van der Waals surface area contributed by atoms with Gasteiger partial charge in [0.15, 0.2) is 0 Å². The van der Waals surface area contributed by atoms with Crippen LogP contribution in [0.25, 0.3) is 5.69 Å². The zero-order chi connectivity index (χ0) is 17.4. The normalized spacial score (nSPS) is 16.2. The number of amides is 1. The van der Waals surface area contributed by atoms with Crippen molar-refractivity contribution >= 4 is 27.7 Å². The molecular weight excluding hydrogens is 382 g/mol. The second-order valence-corrected chi connectivity index (χ2v) is 6.79. The number of nitrogens with one attached hydrogen (secondary N) is 1. The van der Waals surface area contributed by atoms with Crippen molar-refractivity contribution in [2.45, 2.75) is 12.3 Å². The van der Waals surface area contributed by atoms with Gasteiger partial charge in [-0.15, -0.1) is 0 Å². The van der Waals surface area contributed by atoms with Crippen LogP contribution in [0.15, 0.2) is 59.3 Å². The largest absolute Gasteiger partial charge is 0.496 e. The highest BCUT2D eigenvalue weighted by Crippen LogP contribution is 2.40. The van der Waals surface area contributed by atoms with E-state index in [2.05, 4.69) is 26.2 Å². The number of nitrogens with zero attached hydrogens (tertiary/aromatic N) is 2. The molecule has 1 aromatic heterocycles. The molecule has 0 fully saturated rings. The van der Waals surface area contributed by atoms with E-state index in [0.717, 1.165) is 33.0 Å². The number of carbonyl (C=O) groups is 1. The molecule has 4 rings (SSSR count). The van der Waals surface area contributed by atoms with E-state index >= 15 is 0 Å². The van der Waals surface area contributed by atoms with Gasteiger partial charge < -0.3 is 10.1 Å². The summed E-state index contributed by atoms with van der Waals surface area (Å²) in [6, 6.07) is 15.7.